The molecule has 6 nitrogen and oxygen atoms in total. The quantitative estimate of drug-likeness (QED) is 0.301. The van der Waals surface area contributed by atoms with E-state index in [-0.39, 0.29) is 35.0 Å². The monoisotopic (exact) mass is 247 g/mol. The van der Waals surface area contributed by atoms with Gasteiger partial charge in [-0.3, -0.25) is 0 Å². The molecule has 1 heterocycles. The average Bonchev–Trinajstić information content (AvgIpc) is 2.14. The Labute approximate surface area is 115 Å². The van der Waals surface area contributed by atoms with Crippen LogP contribution in [0.2, 0.25) is 0 Å². The van der Waals surface area contributed by atoms with Crippen molar-refractivity contribution in [3.63, 3.8) is 0 Å². The van der Waals surface area contributed by atoms with Crippen LogP contribution in [0.25, 0.3) is 0 Å². The molecule has 0 bridgehead atoms. The molecule has 0 aromatic heterocycles. The molecular formula is C7H16N2NaO4S-. The van der Waals surface area contributed by atoms with Crippen molar-refractivity contribution >= 4 is 11.4 Å². The van der Waals surface area contributed by atoms with Gasteiger partial charge in [0.2, 0.25) is 0 Å². The number of nitrogens with zero attached hydrogens (tertiary/aromatic N) is 1. The van der Waals surface area contributed by atoms with E-state index in [1.54, 1.807) is 0 Å². The molecule has 86 valence electrons. The van der Waals surface area contributed by atoms with Gasteiger partial charge in [0.15, 0.2) is 0 Å². The van der Waals surface area contributed by atoms with Gasteiger partial charge in [0.1, 0.15) is 0 Å². The molecule has 1 saturated heterocycles. The van der Waals surface area contributed by atoms with Crippen LogP contribution in [-0.4, -0.2) is 58.5 Å². The van der Waals surface area contributed by atoms with E-state index >= 15 is 0 Å². The summed E-state index contributed by atoms with van der Waals surface area (Å²) in [5.41, 5.74) is 0. The number of nitrogens with one attached hydrogen (secondary N) is 1. The zero-order valence-corrected chi connectivity index (χ0v) is 11.8. The van der Waals surface area contributed by atoms with Gasteiger partial charge < -0.3 is 24.4 Å². The molecule has 1 rings (SSSR count). The van der Waals surface area contributed by atoms with Crippen molar-refractivity contribution in [2.45, 2.75) is 6.42 Å². The first-order valence-electron chi connectivity index (χ1n) is 4.44. The molecule has 0 aromatic carbocycles. The Hall–Kier alpha value is 0.950. The van der Waals surface area contributed by atoms with Gasteiger partial charge in [0.05, 0.1) is 18.0 Å². The Balaban J connectivity index is 0. The standard InChI is InChI=1S/C7H16N2O3S.Na.H2O/c10-13(11)12-7-1-4-9-5-2-8-3-6-9;;/h8H,1-7H2,(H,10,11);;1H2/q;+1;/p-2. The Morgan fingerprint density at radius 1 is 1.40 bits per heavy atom. The van der Waals surface area contributed by atoms with Gasteiger partial charge in [0, 0.05) is 32.7 Å². The van der Waals surface area contributed by atoms with Crippen LogP contribution in [0.4, 0.5) is 0 Å². The second kappa shape index (κ2) is 11.4. The van der Waals surface area contributed by atoms with Crippen molar-refractivity contribution in [2.75, 3.05) is 39.3 Å². The Morgan fingerprint density at radius 3 is 2.53 bits per heavy atom. The summed E-state index contributed by atoms with van der Waals surface area (Å²) in [5, 5.41) is 3.25. The van der Waals surface area contributed by atoms with Crippen LogP contribution >= 0.6 is 0 Å². The molecule has 2 N–H and O–H groups in total. The largest absolute Gasteiger partial charge is 1.00 e. The first kappa shape index (κ1) is 18.3. The minimum atomic E-state index is -2.35. The molecule has 1 fully saturated rings. The summed E-state index contributed by atoms with van der Waals surface area (Å²) < 4.78 is 24.4. The third-order valence-electron chi connectivity index (χ3n) is 2.01. The van der Waals surface area contributed by atoms with Gasteiger partial charge >= 0.3 is 29.6 Å². The predicted octanol–water partition coefficient (Wildman–Crippen LogP) is -4.08. The predicted molar refractivity (Wildman–Crippen MR) is 50.7 cm³/mol. The van der Waals surface area contributed by atoms with Gasteiger partial charge in [-0.05, 0) is 6.42 Å². The second-order valence-corrected chi connectivity index (χ2v) is 3.62. The van der Waals surface area contributed by atoms with Crippen molar-refractivity contribution in [1.29, 1.82) is 0 Å². The maximum Gasteiger partial charge on any atom is 1.00 e. The first-order valence-corrected chi connectivity index (χ1v) is 5.44. The fourth-order valence-electron chi connectivity index (χ4n) is 1.35. The van der Waals surface area contributed by atoms with Crippen molar-refractivity contribution in [1.82, 2.24) is 10.2 Å². The molecule has 8 heteroatoms. The number of rotatable bonds is 5. The number of hydrogen-bond acceptors (Lipinski definition) is 6. The van der Waals surface area contributed by atoms with Crippen molar-refractivity contribution in [2.24, 2.45) is 0 Å². The average molecular weight is 247 g/mol. The zero-order chi connectivity index (χ0) is 9.52. The first-order chi connectivity index (χ1) is 6.29. The van der Waals surface area contributed by atoms with Crippen LogP contribution in [-0.2, 0) is 15.5 Å². The Kier molecular flexibility index (Phi) is 14.0. The summed E-state index contributed by atoms with van der Waals surface area (Å²) in [5.74, 6) is 0. The third kappa shape index (κ3) is 9.86. The summed E-state index contributed by atoms with van der Waals surface area (Å²) in [7, 11) is 0. The summed E-state index contributed by atoms with van der Waals surface area (Å²) in [6, 6.07) is 0. The molecule has 1 atom stereocenters. The van der Waals surface area contributed by atoms with Crippen LogP contribution in [0.3, 0.4) is 0 Å². The van der Waals surface area contributed by atoms with Gasteiger partial charge in [0.25, 0.3) is 0 Å². The van der Waals surface area contributed by atoms with E-state index in [4.69, 9.17) is 0 Å². The molecule has 0 saturated carbocycles. The van der Waals surface area contributed by atoms with E-state index in [9.17, 15) is 8.76 Å². The summed E-state index contributed by atoms with van der Waals surface area (Å²) >= 11 is -2.35. The van der Waals surface area contributed by atoms with Crippen molar-refractivity contribution in [3.05, 3.63) is 0 Å². The molecule has 1 aliphatic rings. The van der Waals surface area contributed by atoms with Gasteiger partial charge in [-0.2, -0.15) is 0 Å². The fraction of sp³-hybridized carbons (Fsp3) is 1.00. The SMILES string of the molecule is O=S([O-])OCCCN1CCNCC1.[Na+].[OH-]. The maximum atomic E-state index is 10.0. The molecule has 1 unspecified atom stereocenters. The Morgan fingerprint density at radius 2 is 2.00 bits per heavy atom. The Bertz CT molecular complexity index is 169. The van der Waals surface area contributed by atoms with Gasteiger partial charge in [-0.1, -0.05) is 0 Å². The van der Waals surface area contributed by atoms with E-state index in [0.29, 0.717) is 6.61 Å². The normalized spacial score (nSPS) is 18.7. The van der Waals surface area contributed by atoms with E-state index in [1.165, 1.54) is 0 Å². The summed E-state index contributed by atoms with van der Waals surface area (Å²) in [6.45, 7) is 5.34. The van der Waals surface area contributed by atoms with Crippen LogP contribution < -0.4 is 34.9 Å². The molecule has 1 aliphatic heterocycles. The minimum absolute atomic E-state index is 0. The topological polar surface area (TPSA) is 94.6 Å². The molecule has 0 amide bonds. The molecule has 15 heavy (non-hydrogen) atoms. The van der Waals surface area contributed by atoms with E-state index in [0.717, 1.165) is 39.1 Å². The second-order valence-electron chi connectivity index (χ2n) is 2.97. The van der Waals surface area contributed by atoms with Crippen LogP contribution in [0.15, 0.2) is 0 Å². The smallest absolute Gasteiger partial charge is 0.870 e. The minimum Gasteiger partial charge on any atom is -0.870 e. The van der Waals surface area contributed by atoms with Gasteiger partial charge in [-0.15, -0.1) is 0 Å². The van der Waals surface area contributed by atoms with E-state index < -0.39 is 11.4 Å². The van der Waals surface area contributed by atoms with Crippen LogP contribution in [0.5, 0.6) is 0 Å². The van der Waals surface area contributed by atoms with Crippen molar-refractivity contribution < 1.29 is 48.0 Å². The van der Waals surface area contributed by atoms with E-state index in [2.05, 4.69) is 14.4 Å². The zero-order valence-electron chi connectivity index (χ0n) is 8.98. The molecule has 0 aromatic rings. The van der Waals surface area contributed by atoms with Gasteiger partial charge in [-0.25, -0.2) is 4.21 Å². The van der Waals surface area contributed by atoms with E-state index in [1.807, 2.05) is 0 Å². The molecule has 0 radical (unpaired) electrons. The summed E-state index contributed by atoms with van der Waals surface area (Å²) in [6.07, 6.45) is 0.772. The van der Waals surface area contributed by atoms with Crippen LogP contribution in [0, 0.1) is 0 Å². The van der Waals surface area contributed by atoms with Crippen molar-refractivity contribution in [3.8, 4) is 0 Å². The number of hydrogen-bond donors (Lipinski definition) is 1. The number of piperazine rings is 1. The summed E-state index contributed by atoms with van der Waals surface area (Å²) in [4.78, 5) is 2.30. The molecule has 0 aliphatic carbocycles. The molecular weight excluding hydrogens is 231 g/mol. The maximum absolute atomic E-state index is 10.0. The third-order valence-corrected chi connectivity index (χ3v) is 2.37. The van der Waals surface area contributed by atoms with Crippen LogP contribution in [0.1, 0.15) is 6.42 Å². The molecule has 0 spiro atoms. The fourth-order valence-corrected chi connectivity index (χ4v) is 1.60.